The number of rotatable bonds is 3. The zero-order chi connectivity index (χ0) is 14.1. The van der Waals surface area contributed by atoms with E-state index in [0.717, 1.165) is 30.8 Å². The average molecular weight is 306 g/mol. The highest BCUT2D eigenvalue weighted by Gasteiger charge is 2.45. The second kappa shape index (κ2) is 5.74. The van der Waals surface area contributed by atoms with E-state index < -0.39 is 21.5 Å². The lowest BCUT2D eigenvalue weighted by Crippen LogP contribution is -2.50. The van der Waals surface area contributed by atoms with Crippen LogP contribution in [-0.4, -0.2) is 49.0 Å². The summed E-state index contributed by atoms with van der Waals surface area (Å²) in [5.41, 5.74) is -0.140. The number of ether oxygens (including phenoxy) is 1. The van der Waals surface area contributed by atoms with E-state index in [9.17, 15) is 14.1 Å². The standard InChI is InChI=1S/C13H22O4S2/c1-12(2,11(14)15)19(16)10-3-6-17-13(9-10)4-7-18-8-5-13/h10H,3-9H2,1-2H3,(H,14,15). The molecule has 110 valence electrons. The fraction of sp³-hybridized carbons (Fsp3) is 0.923. The normalized spacial score (nSPS) is 29.1. The molecule has 1 N–H and O–H groups in total. The zero-order valence-corrected chi connectivity index (χ0v) is 13.1. The number of hydrogen-bond donors (Lipinski definition) is 1. The number of carbonyl (C=O) groups is 1. The topological polar surface area (TPSA) is 63.6 Å². The second-order valence-electron chi connectivity index (χ2n) is 5.87. The molecule has 2 fully saturated rings. The Bertz CT molecular complexity index is 369. The van der Waals surface area contributed by atoms with E-state index in [-0.39, 0.29) is 10.9 Å². The van der Waals surface area contributed by atoms with E-state index in [1.165, 1.54) is 0 Å². The summed E-state index contributed by atoms with van der Waals surface area (Å²) < 4.78 is 17.3. The highest BCUT2D eigenvalue weighted by molar-refractivity contribution is 7.99. The van der Waals surface area contributed by atoms with Crippen LogP contribution in [0.15, 0.2) is 0 Å². The van der Waals surface area contributed by atoms with Crippen molar-refractivity contribution in [3.8, 4) is 0 Å². The molecule has 1 spiro atoms. The SMILES string of the molecule is CC(C)(C(=O)O)S(=O)C1CCOC2(CCSCC2)C1. The van der Waals surface area contributed by atoms with Crippen LogP contribution in [0.1, 0.15) is 39.5 Å². The van der Waals surface area contributed by atoms with Crippen LogP contribution in [0, 0.1) is 0 Å². The van der Waals surface area contributed by atoms with E-state index in [1.807, 2.05) is 11.8 Å². The van der Waals surface area contributed by atoms with Crippen LogP contribution < -0.4 is 0 Å². The molecule has 2 saturated heterocycles. The Kier molecular flexibility index (Phi) is 4.63. The third-order valence-corrected chi connectivity index (χ3v) is 7.35. The van der Waals surface area contributed by atoms with Gasteiger partial charge in [-0.05, 0) is 51.0 Å². The molecule has 0 aliphatic carbocycles. The Labute approximate surface area is 121 Å². The van der Waals surface area contributed by atoms with Crippen molar-refractivity contribution >= 4 is 28.5 Å². The maximum Gasteiger partial charge on any atom is 0.321 e. The van der Waals surface area contributed by atoms with Crippen molar-refractivity contribution in [2.45, 2.75) is 55.1 Å². The van der Waals surface area contributed by atoms with E-state index in [2.05, 4.69) is 0 Å². The zero-order valence-electron chi connectivity index (χ0n) is 11.5. The van der Waals surface area contributed by atoms with Crippen LogP contribution in [0.3, 0.4) is 0 Å². The summed E-state index contributed by atoms with van der Waals surface area (Å²) in [5, 5.41) is 9.16. The molecule has 0 amide bonds. The van der Waals surface area contributed by atoms with Crippen molar-refractivity contribution in [2.75, 3.05) is 18.1 Å². The van der Waals surface area contributed by atoms with Gasteiger partial charge in [0.2, 0.25) is 0 Å². The monoisotopic (exact) mass is 306 g/mol. The quantitative estimate of drug-likeness (QED) is 0.864. The van der Waals surface area contributed by atoms with Gasteiger partial charge in [0.15, 0.2) is 0 Å². The Morgan fingerprint density at radius 1 is 1.42 bits per heavy atom. The molecule has 2 atom stereocenters. The van der Waals surface area contributed by atoms with E-state index in [0.29, 0.717) is 13.0 Å². The largest absolute Gasteiger partial charge is 0.480 e. The molecular formula is C13H22O4S2. The molecule has 0 radical (unpaired) electrons. The molecule has 2 unspecified atom stereocenters. The molecule has 4 nitrogen and oxygen atoms in total. The molecule has 0 bridgehead atoms. The molecule has 2 aliphatic rings. The van der Waals surface area contributed by atoms with Gasteiger partial charge in [0.25, 0.3) is 0 Å². The summed E-state index contributed by atoms with van der Waals surface area (Å²) in [7, 11) is -1.36. The Morgan fingerprint density at radius 3 is 2.63 bits per heavy atom. The first-order valence-electron chi connectivity index (χ1n) is 6.73. The summed E-state index contributed by atoms with van der Waals surface area (Å²) in [6.07, 6.45) is 3.45. The third-order valence-electron chi connectivity index (χ3n) is 4.17. The van der Waals surface area contributed by atoms with E-state index >= 15 is 0 Å². The molecular weight excluding hydrogens is 284 g/mol. The van der Waals surface area contributed by atoms with Crippen LogP contribution in [-0.2, 0) is 20.3 Å². The highest BCUT2D eigenvalue weighted by Crippen LogP contribution is 2.40. The fourth-order valence-electron chi connectivity index (χ4n) is 2.76. The van der Waals surface area contributed by atoms with Crippen LogP contribution in [0.5, 0.6) is 0 Å². The van der Waals surface area contributed by atoms with Gasteiger partial charge in [-0.1, -0.05) is 0 Å². The van der Waals surface area contributed by atoms with Crippen LogP contribution in [0.4, 0.5) is 0 Å². The smallest absolute Gasteiger partial charge is 0.321 e. The molecule has 0 aromatic rings. The molecule has 2 rings (SSSR count). The minimum Gasteiger partial charge on any atom is -0.480 e. The van der Waals surface area contributed by atoms with E-state index in [4.69, 9.17) is 4.74 Å². The first-order valence-corrected chi connectivity index (χ1v) is 9.10. The van der Waals surface area contributed by atoms with Crippen LogP contribution in [0.25, 0.3) is 0 Å². The molecule has 0 aromatic heterocycles. The van der Waals surface area contributed by atoms with Gasteiger partial charge < -0.3 is 9.84 Å². The lowest BCUT2D eigenvalue weighted by Gasteiger charge is -2.44. The maximum absolute atomic E-state index is 12.6. The van der Waals surface area contributed by atoms with Gasteiger partial charge in [-0.2, -0.15) is 11.8 Å². The highest BCUT2D eigenvalue weighted by atomic mass is 32.2. The third kappa shape index (κ3) is 3.16. The van der Waals surface area contributed by atoms with Gasteiger partial charge in [-0.3, -0.25) is 9.00 Å². The minimum atomic E-state index is -1.36. The van der Waals surface area contributed by atoms with Gasteiger partial charge in [-0.15, -0.1) is 0 Å². The maximum atomic E-state index is 12.6. The first kappa shape index (κ1) is 15.3. The molecule has 2 aliphatic heterocycles. The van der Waals surface area contributed by atoms with Gasteiger partial charge in [0.05, 0.1) is 5.60 Å². The van der Waals surface area contributed by atoms with Crippen molar-refractivity contribution in [3.05, 3.63) is 0 Å². The summed E-state index contributed by atoms with van der Waals surface area (Å²) >= 11 is 1.93. The fourth-order valence-corrected chi connectivity index (χ4v) is 5.77. The minimum absolute atomic E-state index is 0.0528. The van der Waals surface area contributed by atoms with Crippen molar-refractivity contribution in [1.29, 1.82) is 0 Å². The predicted octanol–water partition coefficient (Wildman–Crippen LogP) is 2.04. The van der Waals surface area contributed by atoms with Crippen molar-refractivity contribution in [1.82, 2.24) is 0 Å². The number of thioether (sulfide) groups is 1. The molecule has 19 heavy (non-hydrogen) atoms. The molecule has 0 saturated carbocycles. The van der Waals surface area contributed by atoms with Crippen molar-refractivity contribution in [2.24, 2.45) is 0 Å². The van der Waals surface area contributed by atoms with Gasteiger partial charge in [-0.25, -0.2) is 0 Å². The van der Waals surface area contributed by atoms with Gasteiger partial charge >= 0.3 is 5.97 Å². The summed E-state index contributed by atoms with van der Waals surface area (Å²) in [4.78, 5) is 11.2. The predicted molar refractivity (Wildman–Crippen MR) is 78.1 cm³/mol. The van der Waals surface area contributed by atoms with Gasteiger partial charge in [0, 0.05) is 22.7 Å². The Balaban J connectivity index is 2.09. The molecule has 0 aromatic carbocycles. The summed E-state index contributed by atoms with van der Waals surface area (Å²) in [5.74, 6) is 1.19. The second-order valence-corrected chi connectivity index (χ2v) is 9.38. The van der Waals surface area contributed by atoms with E-state index in [1.54, 1.807) is 13.8 Å². The number of carboxylic acids is 1. The summed E-state index contributed by atoms with van der Waals surface area (Å²) in [6, 6.07) is 0. The average Bonchev–Trinajstić information content (AvgIpc) is 2.38. The Hall–Kier alpha value is -0.0700. The number of carboxylic acid groups (broad SMARTS) is 1. The number of aliphatic carboxylic acids is 1. The lowest BCUT2D eigenvalue weighted by molar-refractivity contribution is -0.139. The number of hydrogen-bond acceptors (Lipinski definition) is 4. The molecule has 6 heteroatoms. The first-order chi connectivity index (χ1) is 8.87. The van der Waals surface area contributed by atoms with Crippen LogP contribution >= 0.6 is 11.8 Å². The Morgan fingerprint density at radius 2 is 2.05 bits per heavy atom. The van der Waals surface area contributed by atoms with Crippen molar-refractivity contribution in [3.63, 3.8) is 0 Å². The van der Waals surface area contributed by atoms with Gasteiger partial charge in [0.1, 0.15) is 4.75 Å². The molecule has 2 heterocycles. The van der Waals surface area contributed by atoms with Crippen LogP contribution in [0.2, 0.25) is 0 Å². The lowest BCUT2D eigenvalue weighted by atomic mass is 9.88. The van der Waals surface area contributed by atoms with Crippen molar-refractivity contribution < 1.29 is 18.8 Å². The summed E-state index contributed by atoms with van der Waals surface area (Å²) in [6.45, 7) is 3.73.